The lowest BCUT2D eigenvalue weighted by atomic mass is 10.2. The zero-order valence-corrected chi connectivity index (χ0v) is 16.7. The number of hydrogen-bond acceptors (Lipinski definition) is 4. The Morgan fingerprint density at radius 1 is 0.731 bits per heavy atom. The molecule has 0 amide bonds. The van der Waals surface area contributed by atoms with Crippen molar-refractivity contribution in [3.63, 3.8) is 0 Å². The third-order valence-corrected chi connectivity index (χ3v) is 5.40. The predicted molar refractivity (Wildman–Crippen MR) is 115 cm³/mol. The zero-order chi connectivity index (χ0) is 18.2. The van der Waals surface area contributed by atoms with Gasteiger partial charge in [0.25, 0.3) is 0 Å². The zero-order valence-electron chi connectivity index (χ0n) is 15.1. The van der Waals surface area contributed by atoms with Gasteiger partial charge in [0, 0.05) is 16.4 Å². The number of benzene rings is 1. The van der Waals surface area contributed by atoms with Gasteiger partial charge in [-0.2, -0.15) is 11.8 Å². The van der Waals surface area contributed by atoms with Gasteiger partial charge >= 0.3 is 0 Å². The molecule has 0 spiro atoms. The van der Waals surface area contributed by atoms with E-state index in [2.05, 4.69) is 55.6 Å². The van der Waals surface area contributed by atoms with Crippen molar-refractivity contribution in [2.24, 2.45) is 0 Å². The molecule has 132 valence electrons. The molecule has 0 unspecified atom stereocenters. The summed E-state index contributed by atoms with van der Waals surface area (Å²) in [5.41, 5.74) is 5.34. The minimum atomic E-state index is 0.816. The first-order chi connectivity index (χ1) is 12.8. The topological polar surface area (TPSA) is 25.8 Å². The van der Waals surface area contributed by atoms with Gasteiger partial charge in [-0.1, -0.05) is 48.5 Å². The van der Waals surface area contributed by atoms with Gasteiger partial charge in [-0.25, -0.2) is 9.97 Å². The van der Waals surface area contributed by atoms with Gasteiger partial charge < -0.3 is 0 Å². The summed E-state index contributed by atoms with van der Waals surface area (Å²) in [6, 6.07) is 24.9. The summed E-state index contributed by atoms with van der Waals surface area (Å²) < 4.78 is 0. The van der Waals surface area contributed by atoms with Crippen LogP contribution in [0.15, 0.2) is 77.7 Å². The maximum atomic E-state index is 4.90. The molecule has 0 N–H and O–H groups in total. The van der Waals surface area contributed by atoms with Crippen molar-refractivity contribution in [3.8, 4) is 0 Å². The summed E-state index contributed by atoms with van der Waals surface area (Å²) in [5, 5.41) is 0. The van der Waals surface area contributed by atoms with E-state index in [1.54, 1.807) is 23.5 Å². The van der Waals surface area contributed by atoms with Crippen molar-refractivity contribution in [1.82, 2.24) is 9.97 Å². The first-order valence-corrected chi connectivity index (χ1v) is 10.9. The molecule has 0 fully saturated rings. The highest BCUT2D eigenvalue weighted by Crippen LogP contribution is 2.25. The van der Waals surface area contributed by atoms with Crippen molar-refractivity contribution >= 4 is 34.6 Å². The third-order valence-electron chi connectivity index (χ3n) is 3.82. The van der Waals surface area contributed by atoms with Crippen molar-refractivity contribution < 1.29 is 0 Å². The second kappa shape index (κ2) is 9.60. The Labute approximate surface area is 163 Å². The molecule has 1 aromatic heterocycles. The number of aromatic nitrogens is 2. The molecule has 0 aliphatic rings. The summed E-state index contributed by atoms with van der Waals surface area (Å²) in [6.07, 6.45) is 2.11. The monoisotopic (exact) mass is 378 g/mol. The highest BCUT2D eigenvalue weighted by atomic mass is 32.2. The van der Waals surface area contributed by atoms with Crippen LogP contribution >= 0.6 is 23.5 Å². The Kier molecular flexibility index (Phi) is 6.92. The quantitative estimate of drug-likeness (QED) is 0.492. The molecule has 3 rings (SSSR count). The fourth-order valence-electron chi connectivity index (χ4n) is 2.53. The smallest absolute Gasteiger partial charge is 0.0893 e. The van der Waals surface area contributed by atoms with Gasteiger partial charge in [-0.05, 0) is 43.0 Å². The van der Waals surface area contributed by atoms with Crippen LogP contribution in [0, 0.1) is 6.92 Å². The van der Waals surface area contributed by atoms with Gasteiger partial charge in [0.15, 0.2) is 0 Å². The van der Waals surface area contributed by atoms with Crippen LogP contribution in [0.1, 0.15) is 17.0 Å². The van der Waals surface area contributed by atoms with E-state index in [0.29, 0.717) is 0 Å². The Balaban J connectivity index is 1.90. The maximum Gasteiger partial charge on any atom is 0.0893 e. The summed E-state index contributed by atoms with van der Waals surface area (Å²) in [4.78, 5) is 11.0. The van der Waals surface area contributed by atoms with Gasteiger partial charge in [0.05, 0.1) is 22.4 Å². The molecule has 0 atom stereocenters. The molecule has 0 radical (unpaired) electrons. The first kappa shape index (κ1) is 18.7. The van der Waals surface area contributed by atoms with Gasteiger partial charge in [0.1, 0.15) is 0 Å². The molecule has 0 aliphatic carbocycles. The Morgan fingerprint density at radius 3 is 2.04 bits per heavy atom. The molecule has 2 nitrogen and oxygen atoms in total. The SMILES string of the molecule is CSCc1nc2cc(C)ccc2nc1CSc1ccccccccc1. The number of fused-ring (bicyclic) bond motifs is 1. The molecule has 1 heterocycles. The lowest BCUT2D eigenvalue weighted by Gasteiger charge is -2.09. The molecule has 0 bridgehead atoms. The second-order valence-corrected chi connectivity index (χ2v) is 7.83. The van der Waals surface area contributed by atoms with E-state index in [4.69, 9.17) is 9.97 Å². The summed E-state index contributed by atoms with van der Waals surface area (Å²) in [6.45, 7) is 2.09. The van der Waals surface area contributed by atoms with Crippen LogP contribution in [0.3, 0.4) is 0 Å². The number of hydrogen-bond donors (Lipinski definition) is 0. The fraction of sp³-hybridized carbons (Fsp3) is 0.182. The molecule has 3 aromatic rings. The third kappa shape index (κ3) is 5.23. The average Bonchev–Trinajstić information content (AvgIpc) is 2.65. The summed E-state index contributed by atoms with van der Waals surface area (Å²) >= 11 is 3.58. The van der Waals surface area contributed by atoms with E-state index >= 15 is 0 Å². The van der Waals surface area contributed by atoms with E-state index in [1.807, 2.05) is 30.3 Å². The number of rotatable bonds is 5. The predicted octanol–water partition coefficient (Wildman–Crippen LogP) is 6.22. The van der Waals surface area contributed by atoms with E-state index in [1.165, 1.54) is 10.5 Å². The minimum absolute atomic E-state index is 0.816. The largest absolute Gasteiger partial charge is 0.248 e. The molecule has 2 aromatic carbocycles. The molecule has 26 heavy (non-hydrogen) atoms. The van der Waals surface area contributed by atoms with E-state index in [9.17, 15) is 0 Å². The number of thioether (sulfide) groups is 2. The minimum Gasteiger partial charge on any atom is -0.248 e. The lowest BCUT2D eigenvalue weighted by Crippen LogP contribution is -2.00. The molecule has 0 saturated carbocycles. The molecular weight excluding hydrogens is 356 g/mol. The molecular formula is C22H22N2S2. The van der Waals surface area contributed by atoms with Crippen molar-refractivity contribution in [1.29, 1.82) is 0 Å². The van der Waals surface area contributed by atoms with Crippen LogP contribution in [0.5, 0.6) is 0 Å². The highest BCUT2D eigenvalue weighted by molar-refractivity contribution is 7.98. The van der Waals surface area contributed by atoms with Crippen molar-refractivity contribution in [3.05, 3.63) is 89.7 Å². The van der Waals surface area contributed by atoms with Crippen LogP contribution in [0.4, 0.5) is 0 Å². The number of nitrogens with zero attached hydrogens (tertiary/aromatic N) is 2. The van der Waals surface area contributed by atoms with Crippen molar-refractivity contribution in [2.45, 2.75) is 23.3 Å². The van der Waals surface area contributed by atoms with Gasteiger partial charge in [-0.3, -0.25) is 0 Å². The number of aryl methyl sites for hydroxylation is 1. The van der Waals surface area contributed by atoms with Crippen LogP contribution < -0.4 is 0 Å². The molecule has 4 heteroatoms. The van der Waals surface area contributed by atoms with Crippen LogP contribution in [-0.2, 0) is 11.5 Å². The van der Waals surface area contributed by atoms with Gasteiger partial charge in [0.2, 0.25) is 0 Å². The first-order valence-electron chi connectivity index (χ1n) is 8.52. The second-order valence-electron chi connectivity index (χ2n) is 5.91. The van der Waals surface area contributed by atoms with Crippen LogP contribution in [0.2, 0.25) is 0 Å². The Morgan fingerprint density at radius 2 is 1.35 bits per heavy atom. The average molecular weight is 379 g/mol. The van der Waals surface area contributed by atoms with E-state index in [0.717, 1.165) is 33.9 Å². The van der Waals surface area contributed by atoms with E-state index < -0.39 is 0 Å². The summed E-state index contributed by atoms with van der Waals surface area (Å²) in [5.74, 6) is 1.70. The van der Waals surface area contributed by atoms with Crippen molar-refractivity contribution in [2.75, 3.05) is 6.26 Å². The highest BCUT2D eigenvalue weighted by Gasteiger charge is 2.09. The lowest BCUT2D eigenvalue weighted by molar-refractivity contribution is 1.07. The van der Waals surface area contributed by atoms with Gasteiger partial charge in [-0.15, -0.1) is 11.8 Å². The Bertz CT molecular complexity index is 915. The standard InChI is InChI=1S/C22H22N2S2/c1-17-12-13-19-20(14-17)24-21(15-25-2)22(23-19)16-26-18-10-8-6-4-3-5-7-9-11-18/h3-14H,15-16H2,1-2H3. The fourth-order valence-corrected chi connectivity index (χ4v) is 3.92. The molecule has 0 saturated heterocycles. The van der Waals surface area contributed by atoms with Crippen LogP contribution in [0.25, 0.3) is 11.0 Å². The van der Waals surface area contributed by atoms with E-state index in [-0.39, 0.29) is 0 Å². The Hall–Kier alpha value is -2.04. The maximum absolute atomic E-state index is 4.90. The summed E-state index contributed by atoms with van der Waals surface area (Å²) in [7, 11) is 0. The normalized spacial score (nSPS) is 10.5. The van der Waals surface area contributed by atoms with Crippen LogP contribution in [-0.4, -0.2) is 16.2 Å². The molecule has 0 aliphatic heterocycles.